The molecule has 0 saturated heterocycles. The lowest BCUT2D eigenvalue weighted by atomic mass is 9.70. The van der Waals surface area contributed by atoms with Crippen LogP contribution in [0.3, 0.4) is 0 Å². The van der Waals surface area contributed by atoms with E-state index in [-0.39, 0.29) is 6.61 Å². The van der Waals surface area contributed by atoms with Gasteiger partial charge in [-0.25, -0.2) is 4.57 Å². The molecule has 0 radical (unpaired) electrons. The van der Waals surface area contributed by atoms with Gasteiger partial charge in [0.25, 0.3) is 0 Å². The summed E-state index contributed by atoms with van der Waals surface area (Å²) in [6.45, 7) is 7.50. The summed E-state index contributed by atoms with van der Waals surface area (Å²) in [6.07, 6.45) is 1.61. The van der Waals surface area contributed by atoms with Gasteiger partial charge in [-0.1, -0.05) is 27.7 Å². The molecule has 0 aromatic rings. The second-order valence-electron chi connectivity index (χ2n) is 4.70. The Morgan fingerprint density at radius 2 is 1.62 bits per heavy atom. The molecular weight excluding hydrogens is 231 g/mol. The predicted octanol–water partition coefficient (Wildman–Crippen LogP) is 2.06. The number of phosphoric ester groups is 1. The average Bonchev–Trinajstić information content (AvgIpc) is 2.13. The van der Waals surface area contributed by atoms with Crippen LogP contribution in [-0.4, -0.2) is 27.1 Å². The summed E-state index contributed by atoms with van der Waals surface area (Å²) in [4.78, 5) is 17.1. The third-order valence-corrected chi connectivity index (χ3v) is 3.93. The van der Waals surface area contributed by atoms with E-state index in [4.69, 9.17) is 9.79 Å². The molecule has 0 spiro atoms. The maximum Gasteiger partial charge on any atom is 0.469 e. The number of hydrogen-bond acceptors (Lipinski definition) is 3. The van der Waals surface area contributed by atoms with Crippen molar-refractivity contribution in [1.29, 1.82) is 0 Å². The van der Waals surface area contributed by atoms with Crippen molar-refractivity contribution in [3.63, 3.8) is 0 Å². The molecule has 0 heterocycles. The largest absolute Gasteiger partial charge is 0.469 e. The van der Waals surface area contributed by atoms with E-state index in [0.717, 1.165) is 0 Å². The summed E-state index contributed by atoms with van der Waals surface area (Å²) >= 11 is 0. The molecule has 0 amide bonds. The van der Waals surface area contributed by atoms with Crippen molar-refractivity contribution in [1.82, 2.24) is 0 Å². The van der Waals surface area contributed by atoms with E-state index in [9.17, 15) is 9.67 Å². The highest BCUT2D eigenvalue weighted by atomic mass is 31.2. The molecule has 98 valence electrons. The Morgan fingerprint density at radius 3 is 1.94 bits per heavy atom. The van der Waals surface area contributed by atoms with E-state index in [1.807, 2.05) is 27.7 Å². The fourth-order valence-electron chi connectivity index (χ4n) is 1.86. The number of aliphatic hydroxyl groups is 1. The molecule has 0 fully saturated rings. The van der Waals surface area contributed by atoms with Gasteiger partial charge in [-0.05, 0) is 24.7 Å². The summed E-state index contributed by atoms with van der Waals surface area (Å²) < 4.78 is 14.9. The van der Waals surface area contributed by atoms with Crippen molar-refractivity contribution in [2.24, 2.45) is 5.41 Å². The Balaban J connectivity index is 4.40. The first-order valence-corrected chi connectivity index (χ1v) is 7.03. The summed E-state index contributed by atoms with van der Waals surface area (Å²) in [5.74, 6) is 0. The quantitative estimate of drug-likeness (QED) is 0.605. The molecule has 0 unspecified atom stereocenters. The Labute approximate surface area is 97.1 Å². The van der Waals surface area contributed by atoms with Gasteiger partial charge in [0.15, 0.2) is 0 Å². The van der Waals surface area contributed by atoms with Crippen molar-refractivity contribution < 1.29 is 24.0 Å². The van der Waals surface area contributed by atoms with E-state index >= 15 is 0 Å². The molecule has 0 aromatic heterocycles. The van der Waals surface area contributed by atoms with Crippen LogP contribution in [0.5, 0.6) is 0 Å². The van der Waals surface area contributed by atoms with E-state index in [1.54, 1.807) is 0 Å². The van der Waals surface area contributed by atoms with Crippen molar-refractivity contribution >= 4 is 7.82 Å². The van der Waals surface area contributed by atoms with Crippen LogP contribution in [0.4, 0.5) is 0 Å². The Kier molecular flexibility index (Phi) is 5.63. The van der Waals surface area contributed by atoms with Gasteiger partial charge in [-0.15, -0.1) is 0 Å². The molecule has 0 aliphatic carbocycles. The normalized spacial score (nSPS) is 14.2. The molecule has 0 saturated carbocycles. The van der Waals surface area contributed by atoms with E-state index in [1.165, 1.54) is 0 Å². The van der Waals surface area contributed by atoms with Crippen LogP contribution in [0, 0.1) is 5.41 Å². The van der Waals surface area contributed by atoms with Crippen LogP contribution in [0.25, 0.3) is 0 Å². The Hall–Kier alpha value is 0.0700. The maximum absolute atomic E-state index is 10.5. The van der Waals surface area contributed by atoms with Gasteiger partial charge in [-0.2, -0.15) is 0 Å². The first kappa shape index (κ1) is 16.1. The molecule has 0 aliphatic rings. The second kappa shape index (κ2) is 5.61. The zero-order valence-corrected chi connectivity index (χ0v) is 11.3. The standard InChI is InChI=1S/C10H23O5P/c1-5-10(11,6-2)9(3,4)7-8-15-16(12,13)14/h11H,5-8H2,1-4H3,(H2,12,13,14). The van der Waals surface area contributed by atoms with Gasteiger partial charge >= 0.3 is 7.82 Å². The highest BCUT2D eigenvalue weighted by Crippen LogP contribution is 2.42. The van der Waals surface area contributed by atoms with Gasteiger partial charge < -0.3 is 14.9 Å². The van der Waals surface area contributed by atoms with E-state index in [2.05, 4.69) is 4.52 Å². The van der Waals surface area contributed by atoms with Crippen LogP contribution >= 0.6 is 7.82 Å². The topological polar surface area (TPSA) is 87.0 Å². The lowest BCUT2D eigenvalue weighted by molar-refractivity contribution is -0.0820. The highest BCUT2D eigenvalue weighted by molar-refractivity contribution is 7.46. The van der Waals surface area contributed by atoms with Gasteiger partial charge in [0.2, 0.25) is 0 Å². The van der Waals surface area contributed by atoms with Crippen LogP contribution < -0.4 is 0 Å². The minimum absolute atomic E-state index is 0.0560. The second-order valence-corrected chi connectivity index (χ2v) is 5.94. The lowest BCUT2D eigenvalue weighted by Gasteiger charge is -2.42. The number of hydrogen-bond donors (Lipinski definition) is 3. The number of rotatable bonds is 7. The van der Waals surface area contributed by atoms with Crippen molar-refractivity contribution in [3.05, 3.63) is 0 Å². The monoisotopic (exact) mass is 254 g/mol. The highest BCUT2D eigenvalue weighted by Gasteiger charge is 2.40. The summed E-state index contributed by atoms with van der Waals surface area (Å²) in [6, 6.07) is 0. The van der Waals surface area contributed by atoms with Crippen LogP contribution in [0.1, 0.15) is 47.0 Å². The number of phosphoric acid groups is 1. The molecule has 0 aliphatic heterocycles. The summed E-state index contributed by atoms with van der Waals surface area (Å²) in [5, 5.41) is 10.3. The maximum atomic E-state index is 10.5. The van der Waals surface area contributed by atoms with Gasteiger partial charge in [-0.3, -0.25) is 4.52 Å². The predicted molar refractivity (Wildman–Crippen MR) is 61.9 cm³/mol. The molecular formula is C10H23O5P. The van der Waals surface area contributed by atoms with Crippen molar-refractivity contribution in [3.8, 4) is 0 Å². The van der Waals surface area contributed by atoms with Crippen molar-refractivity contribution in [2.45, 2.75) is 52.6 Å². The van der Waals surface area contributed by atoms with Gasteiger partial charge in [0, 0.05) is 0 Å². The minimum Gasteiger partial charge on any atom is -0.389 e. The van der Waals surface area contributed by atoms with Crippen LogP contribution in [0.15, 0.2) is 0 Å². The molecule has 0 rings (SSSR count). The molecule has 16 heavy (non-hydrogen) atoms. The van der Waals surface area contributed by atoms with Gasteiger partial charge in [0.05, 0.1) is 12.2 Å². The molecule has 0 aromatic carbocycles. The van der Waals surface area contributed by atoms with E-state index in [0.29, 0.717) is 19.3 Å². The zero-order valence-electron chi connectivity index (χ0n) is 10.4. The average molecular weight is 254 g/mol. The molecule has 3 N–H and O–H groups in total. The van der Waals surface area contributed by atoms with Crippen LogP contribution in [-0.2, 0) is 9.09 Å². The fourth-order valence-corrected chi connectivity index (χ4v) is 2.19. The third kappa shape index (κ3) is 4.52. The van der Waals surface area contributed by atoms with Crippen molar-refractivity contribution in [2.75, 3.05) is 6.61 Å². The summed E-state index contributed by atoms with van der Waals surface area (Å²) in [7, 11) is -4.40. The first-order valence-electron chi connectivity index (χ1n) is 5.50. The van der Waals surface area contributed by atoms with Crippen LogP contribution in [0.2, 0.25) is 0 Å². The lowest BCUT2D eigenvalue weighted by Crippen LogP contribution is -2.44. The minimum atomic E-state index is -4.40. The summed E-state index contributed by atoms with van der Waals surface area (Å²) in [5.41, 5.74) is -1.27. The SMILES string of the molecule is CCC(O)(CC)C(C)(C)CCOP(=O)(O)O. The molecule has 0 atom stereocenters. The molecule has 0 bridgehead atoms. The Bertz CT molecular complexity index is 254. The Morgan fingerprint density at radius 1 is 1.19 bits per heavy atom. The molecule has 6 heteroatoms. The fraction of sp³-hybridized carbons (Fsp3) is 1.00. The van der Waals surface area contributed by atoms with Gasteiger partial charge in [0.1, 0.15) is 0 Å². The smallest absolute Gasteiger partial charge is 0.389 e. The van der Waals surface area contributed by atoms with E-state index < -0.39 is 18.8 Å². The molecule has 5 nitrogen and oxygen atoms in total. The zero-order chi connectivity index (χ0) is 13.0. The first-order chi connectivity index (χ1) is 7.08. The third-order valence-electron chi connectivity index (χ3n) is 3.42.